The number of likely N-dealkylation sites (tertiary alicyclic amines) is 1. The Kier molecular flexibility index (Phi) is 5.30. The lowest BCUT2D eigenvalue weighted by atomic mass is 10.1. The van der Waals surface area contributed by atoms with Crippen LogP contribution in [0.15, 0.2) is 24.3 Å². The van der Waals surface area contributed by atoms with Crippen molar-refractivity contribution in [2.24, 2.45) is 0 Å². The number of thiophene rings is 1. The number of carbonyl (C=O) groups excluding carboxylic acids is 2. The predicted molar refractivity (Wildman–Crippen MR) is 110 cm³/mol. The first-order valence-corrected chi connectivity index (χ1v) is 10.8. The molecule has 4 nitrogen and oxygen atoms in total. The number of rotatable bonds is 3. The van der Waals surface area contributed by atoms with Crippen LogP contribution in [0.3, 0.4) is 0 Å². The van der Waals surface area contributed by atoms with Crippen LogP contribution in [0, 0.1) is 6.92 Å². The van der Waals surface area contributed by atoms with Crippen LogP contribution < -0.4 is 5.32 Å². The van der Waals surface area contributed by atoms with Gasteiger partial charge in [-0.25, -0.2) is 0 Å². The second kappa shape index (κ2) is 7.85. The molecule has 0 saturated carbocycles. The highest BCUT2D eigenvalue weighted by Crippen LogP contribution is 2.40. The number of nitrogens with one attached hydrogen (secondary N) is 1. The highest BCUT2D eigenvalue weighted by molar-refractivity contribution is 7.17. The second-order valence-electron chi connectivity index (χ2n) is 7.54. The summed E-state index contributed by atoms with van der Waals surface area (Å²) >= 11 is 1.60. The normalized spacial score (nSPS) is 16.7. The van der Waals surface area contributed by atoms with Crippen LogP contribution in [-0.4, -0.2) is 29.8 Å². The van der Waals surface area contributed by atoms with Crippen LogP contribution in [-0.2, 0) is 12.8 Å². The Labute approximate surface area is 164 Å². The number of nitrogens with zero attached hydrogens (tertiary/aromatic N) is 1. The Morgan fingerprint density at radius 3 is 2.48 bits per heavy atom. The van der Waals surface area contributed by atoms with Crippen LogP contribution in [0.4, 0.5) is 5.00 Å². The molecule has 1 aliphatic heterocycles. The first-order valence-electron chi connectivity index (χ1n) is 9.96. The molecule has 142 valence electrons. The average Bonchev–Trinajstić information content (AvgIpc) is 3.11. The average molecular weight is 383 g/mol. The Balaban J connectivity index is 1.64. The Bertz CT molecular complexity index is 863. The highest BCUT2D eigenvalue weighted by atomic mass is 32.1. The van der Waals surface area contributed by atoms with Crippen molar-refractivity contribution in [3.63, 3.8) is 0 Å². The van der Waals surface area contributed by atoms with Gasteiger partial charge in [0.25, 0.3) is 11.8 Å². The minimum absolute atomic E-state index is 0.108. The van der Waals surface area contributed by atoms with E-state index in [-0.39, 0.29) is 11.8 Å². The number of hydrogen-bond donors (Lipinski definition) is 1. The molecule has 0 unspecified atom stereocenters. The lowest BCUT2D eigenvalue weighted by molar-refractivity contribution is 0.0762. The van der Waals surface area contributed by atoms with E-state index in [0.717, 1.165) is 61.3 Å². The smallest absolute Gasteiger partial charge is 0.257 e. The van der Waals surface area contributed by atoms with Crippen molar-refractivity contribution in [3.05, 3.63) is 51.4 Å². The topological polar surface area (TPSA) is 49.4 Å². The van der Waals surface area contributed by atoms with Gasteiger partial charge in [0.1, 0.15) is 5.00 Å². The van der Waals surface area contributed by atoms with Crippen molar-refractivity contribution in [1.29, 1.82) is 0 Å². The van der Waals surface area contributed by atoms with Gasteiger partial charge in [0.05, 0.1) is 5.56 Å². The summed E-state index contributed by atoms with van der Waals surface area (Å²) in [6.07, 6.45) is 7.60. The molecular formula is C22H26N2O2S. The number of fused-ring (bicyclic) bond motifs is 1. The first kappa shape index (κ1) is 18.2. The Morgan fingerprint density at radius 1 is 1.00 bits per heavy atom. The summed E-state index contributed by atoms with van der Waals surface area (Å²) in [6.45, 7) is 3.59. The molecule has 1 fully saturated rings. The van der Waals surface area contributed by atoms with E-state index in [1.807, 2.05) is 36.1 Å². The Hall–Kier alpha value is -2.14. The number of amides is 2. The summed E-state index contributed by atoms with van der Waals surface area (Å²) in [6, 6.07) is 7.58. The molecule has 1 N–H and O–H groups in total. The number of anilines is 1. The summed E-state index contributed by atoms with van der Waals surface area (Å²) in [5.74, 6) is -0.0191. The van der Waals surface area contributed by atoms with Gasteiger partial charge < -0.3 is 10.2 Å². The standard InChI is InChI=1S/C22H26N2O2S/c1-15-9-4-5-10-16(15)20(25)23-21-19(17-11-8-12-18(17)27-21)22(26)24-13-6-2-3-7-14-24/h4-5,9-10H,2-3,6-8,11-14H2,1H3,(H,23,25). The lowest BCUT2D eigenvalue weighted by Crippen LogP contribution is -2.32. The molecule has 1 aromatic carbocycles. The molecule has 4 rings (SSSR count). The van der Waals surface area contributed by atoms with Gasteiger partial charge in [0.2, 0.25) is 0 Å². The summed E-state index contributed by atoms with van der Waals surface area (Å²) < 4.78 is 0. The number of carbonyl (C=O) groups is 2. The fraction of sp³-hybridized carbons (Fsp3) is 0.455. The van der Waals surface area contributed by atoms with E-state index in [2.05, 4.69) is 5.32 Å². The summed E-state index contributed by atoms with van der Waals surface area (Å²) in [4.78, 5) is 29.5. The maximum atomic E-state index is 13.4. The van der Waals surface area contributed by atoms with E-state index >= 15 is 0 Å². The highest BCUT2D eigenvalue weighted by Gasteiger charge is 2.30. The predicted octanol–water partition coefficient (Wildman–Crippen LogP) is 4.81. The van der Waals surface area contributed by atoms with Crippen molar-refractivity contribution in [2.75, 3.05) is 18.4 Å². The van der Waals surface area contributed by atoms with E-state index in [4.69, 9.17) is 0 Å². The fourth-order valence-electron chi connectivity index (χ4n) is 4.15. The van der Waals surface area contributed by atoms with Crippen molar-refractivity contribution in [1.82, 2.24) is 4.90 Å². The van der Waals surface area contributed by atoms with Crippen molar-refractivity contribution < 1.29 is 9.59 Å². The van der Waals surface area contributed by atoms with Gasteiger partial charge in [0, 0.05) is 23.5 Å². The summed E-state index contributed by atoms with van der Waals surface area (Å²) in [5, 5.41) is 3.80. The molecule has 0 spiro atoms. The molecular weight excluding hydrogens is 356 g/mol. The molecule has 1 aromatic heterocycles. The third-order valence-electron chi connectivity index (χ3n) is 5.65. The molecule has 0 bridgehead atoms. The minimum atomic E-state index is -0.127. The Morgan fingerprint density at radius 2 is 1.74 bits per heavy atom. The van der Waals surface area contributed by atoms with Crippen molar-refractivity contribution in [2.45, 2.75) is 51.9 Å². The largest absolute Gasteiger partial charge is 0.339 e. The van der Waals surface area contributed by atoms with E-state index in [9.17, 15) is 9.59 Å². The van der Waals surface area contributed by atoms with Gasteiger partial charge in [-0.1, -0.05) is 31.0 Å². The van der Waals surface area contributed by atoms with Gasteiger partial charge in [0.15, 0.2) is 0 Å². The number of benzene rings is 1. The second-order valence-corrected chi connectivity index (χ2v) is 8.64. The van der Waals surface area contributed by atoms with Gasteiger partial charge in [-0.15, -0.1) is 11.3 Å². The molecule has 2 aromatic rings. The summed E-state index contributed by atoms with van der Waals surface area (Å²) in [7, 11) is 0. The lowest BCUT2D eigenvalue weighted by Gasteiger charge is -2.21. The molecule has 5 heteroatoms. The zero-order valence-corrected chi connectivity index (χ0v) is 16.7. The van der Waals surface area contributed by atoms with Crippen molar-refractivity contribution >= 4 is 28.2 Å². The van der Waals surface area contributed by atoms with Crippen LogP contribution in [0.2, 0.25) is 0 Å². The zero-order chi connectivity index (χ0) is 18.8. The van der Waals surface area contributed by atoms with Gasteiger partial charge >= 0.3 is 0 Å². The molecule has 2 amide bonds. The maximum absolute atomic E-state index is 13.4. The molecule has 2 aliphatic rings. The SMILES string of the molecule is Cc1ccccc1C(=O)Nc1sc2c(c1C(=O)N1CCCCCC1)CCC2. The number of aryl methyl sites for hydroxylation is 2. The van der Waals surface area contributed by atoms with Crippen LogP contribution in [0.1, 0.15) is 68.8 Å². The number of hydrogen-bond acceptors (Lipinski definition) is 3. The van der Waals surface area contributed by atoms with E-state index in [0.29, 0.717) is 5.56 Å². The van der Waals surface area contributed by atoms with E-state index in [1.165, 1.54) is 23.3 Å². The quantitative estimate of drug-likeness (QED) is 0.828. The fourth-order valence-corrected chi connectivity index (χ4v) is 5.42. The molecule has 0 atom stereocenters. The molecule has 27 heavy (non-hydrogen) atoms. The van der Waals surface area contributed by atoms with Crippen LogP contribution in [0.5, 0.6) is 0 Å². The van der Waals surface area contributed by atoms with E-state index < -0.39 is 0 Å². The van der Waals surface area contributed by atoms with E-state index in [1.54, 1.807) is 11.3 Å². The summed E-state index contributed by atoms with van der Waals surface area (Å²) in [5.41, 5.74) is 3.55. The zero-order valence-electron chi connectivity index (χ0n) is 15.8. The minimum Gasteiger partial charge on any atom is -0.339 e. The molecule has 1 aliphatic carbocycles. The molecule has 0 radical (unpaired) electrons. The van der Waals surface area contributed by atoms with Crippen LogP contribution in [0.25, 0.3) is 0 Å². The molecule has 2 heterocycles. The molecule has 1 saturated heterocycles. The third-order valence-corrected chi connectivity index (χ3v) is 6.85. The first-order chi connectivity index (χ1) is 13.1. The van der Waals surface area contributed by atoms with Gasteiger partial charge in [-0.05, 0) is 56.2 Å². The van der Waals surface area contributed by atoms with Crippen molar-refractivity contribution in [3.8, 4) is 0 Å². The van der Waals surface area contributed by atoms with Crippen LogP contribution >= 0.6 is 11.3 Å². The third kappa shape index (κ3) is 3.65. The monoisotopic (exact) mass is 382 g/mol. The van der Waals surface area contributed by atoms with Gasteiger partial charge in [-0.2, -0.15) is 0 Å². The maximum Gasteiger partial charge on any atom is 0.257 e. The van der Waals surface area contributed by atoms with Gasteiger partial charge in [-0.3, -0.25) is 9.59 Å².